The zero-order valence-electron chi connectivity index (χ0n) is 10.9. The minimum absolute atomic E-state index is 0.449. The highest BCUT2D eigenvalue weighted by Crippen LogP contribution is 2.29. The predicted octanol–water partition coefficient (Wildman–Crippen LogP) is 3.41. The van der Waals surface area contributed by atoms with E-state index in [4.69, 9.17) is 16.3 Å². The number of rotatable bonds is 3. The number of aryl methyl sites for hydroxylation is 1. The normalized spacial score (nSPS) is 10.2. The van der Waals surface area contributed by atoms with Gasteiger partial charge in [-0.3, -0.25) is 4.79 Å². The molecule has 0 atom stereocenters. The lowest BCUT2D eigenvalue weighted by Crippen LogP contribution is -2.21. The number of hydrogen-bond acceptors (Lipinski definition) is 2. The molecule has 0 aromatic heterocycles. The van der Waals surface area contributed by atoms with Crippen molar-refractivity contribution < 1.29 is 9.53 Å². The first kappa shape index (κ1) is 13.8. The van der Waals surface area contributed by atoms with Crippen molar-refractivity contribution in [2.45, 2.75) is 27.3 Å². The Morgan fingerprint density at radius 3 is 2.41 bits per heavy atom. The average molecular weight is 256 g/mol. The molecular formula is C13H18ClNO2. The van der Waals surface area contributed by atoms with Gasteiger partial charge >= 0.3 is 5.37 Å². The van der Waals surface area contributed by atoms with Crippen molar-refractivity contribution in [3.63, 3.8) is 0 Å². The third-order valence-corrected chi connectivity index (χ3v) is 3.33. The molecule has 0 spiro atoms. The second kappa shape index (κ2) is 5.41. The van der Waals surface area contributed by atoms with E-state index >= 15 is 0 Å². The van der Waals surface area contributed by atoms with Gasteiger partial charge in [0, 0.05) is 13.6 Å². The Morgan fingerprint density at radius 1 is 1.35 bits per heavy atom. The van der Waals surface area contributed by atoms with Crippen LogP contribution in [-0.4, -0.2) is 24.4 Å². The molecular weight excluding hydrogens is 238 g/mol. The van der Waals surface area contributed by atoms with Crippen LogP contribution in [0.5, 0.6) is 5.75 Å². The minimum Gasteiger partial charge on any atom is -0.496 e. The van der Waals surface area contributed by atoms with Crippen LogP contribution in [0.1, 0.15) is 22.3 Å². The van der Waals surface area contributed by atoms with Crippen molar-refractivity contribution in [1.29, 1.82) is 0 Å². The van der Waals surface area contributed by atoms with Crippen molar-refractivity contribution in [2.75, 3.05) is 14.2 Å². The predicted molar refractivity (Wildman–Crippen MR) is 69.9 cm³/mol. The van der Waals surface area contributed by atoms with Gasteiger partial charge in [0.15, 0.2) is 0 Å². The van der Waals surface area contributed by atoms with Gasteiger partial charge in [-0.2, -0.15) is 0 Å². The summed E-state index contributed by atoms with van der Waals surface area (Å²) in [5, 5.41) is -0.449. The molecule has 0 saturated heterocycles. The molecule has 0 aliphatic rings. The van der Waals surface area contributed by atoms with Crippen molar-refractivity contribution in [3.8, 4) is 5.75 Å². The Balaban J connectivity index is 3.15. The summed E-state index contributed by atoms with van der Waals surface area (Å²) in [4.78, 5) is 12.5. The van der Waals surface area contributed by atoms with Crippen molar-refractivity contribution in [2.24, 2.45) is 0 Å². The highest BCUT2D eigenvalue weighted by molar-refractivity contribution is 6.62. The monoisotopic (exact) mass is 255 g/mol. The van der Waals surface area contributed by atoms with Crippen LogP contribution in [0.15, 0.2) is 6.07 Å². The number of halogens is 1. The van der Waals surface area contributed by atoms with Crippen LogP contribution >= 0.6 is 11.6 Å². The van der Waals surface area contributed by atoms with Crippen molar-refractivity contribution >= 4 is 17.0 Å². The molecule has 3 nitrogen and oxygen atoms in total. The van der Waals surface area contributed by atoms with Gasteiger partial charge in [-0.25, -0.2) is 0 Å². The SMILES string of the molecule is COc1c(C)cc(CN(C)C(=O)Cl)c(C)c1C. The molecule has 94 valence electrons. The molecule has 0 saturated carbocycles. The van der Waals surface area contributed by atoms with E-state index in [1.165, 1.54) is 4.90 Å². The molecule has 0 heterocycles. The first-order chi connectivity index (χ1) is 7.88. The lowest BCUT2D eigenvalue weighted by Gasteiger charge is -2.19. The van der Waals surface area contributed by atoms with E-state index in [9.17, 15) is 4.79 Å². The van der Waals surface area contributed by atoms with Crippen molar-refractivity contribution in [1.82, 2.24) is 4.90 Å². The summed E-state index contributed by atoms with van der Waals surface area (Å²) in [6.45, 7) is 6.56. The van der Waals surface area contributed by atoms with Gasteiger partial charge in [0.05, 0.1) is 7.11 Å². The summed E-state index contributed by atoms with van der Waals surface area (Å²) in [5.74, 6) is 0.908. The standard InChI is InChI=1S/C13H18ClNO2/c1-8-6-11(7-15(4)13(14)16)9(2)10(3)12(8)17-5/h6H,7H2,1-5H3. The third-order valence-electron chi connectivity index (χ3n) is 3.05. The fourth-order valence-electron chi connectivity index (χ4n) is 1.94. The van der Waals surface area contributed by atoms with Crippen molar-refractivity contribution in [3.05, 3.63) is 28.3 Å². The van der Waals surface area contributed by atoms with Gasteiger partial charge in [-0.15, -0.1) is 0 Å². The number of carbonyl (C=O) groups excluding carboxylic acids is 1. The van der Waals surface area contributed by atoms with E-state index < -0.39 is 5.37 Å². The molecule has 0 aliphatic carbocycles. The van der Waals surface area contributed by atoms with Gasteiger partial charge in [0.2, 0.25) is 0 Å². The lowest BCUT2D eigenvalue weighted by atomic mass is 9.98. The number of methoxy groups -OCH3 is 1. The fraction of sp³-hybridized carbons (Fsp3) is 0.462. The van der Waals surface area contributed by atoms with Crippen LogP contribution in [0.3, 0.4) is 0 Å². The molecule has 0 fully saturated rings. The topological polar surface area (TPSA) is 29.5 Å². The number of benzene rings is 1. The highest BCUT2D eigenvalue weighted by Gasteiger charge is 2.13. The number of amides is 1. The highest BCUT2D eigenvalue weighted by atomic mass is 35.5. The second-order valence-electron chi connectivity index (χ2n) is 4.24. The molecule has 0 N–H and O–H groups in total. The number of ether oxygens (including phenoxy) is 1. The van der Waals surface area contributed by atoms with Gasteiger partial charge in [0.25, 0.3) is 0 Å². The molecule has 0 radical (unpaired) electrons. The van der Waals surface area contributed by atoms with Crippen LogP contribution in [0.25, 0.3) is 0 Å². The molecule has 17 heavy (non-hydrogen) atoms. The van der Waals surface area contributed by atoms with Gasteiger partial charge in [0.1, 0.15) is 5.75 Å². The summed E-state index contributed by atoms with van der Waals surface area (Å²) >= 11 is 5.43. The summed E-state index contributed by atoms with van der Waals surface area (Å²) in [6, 6.07) is 2.04. The summed E-state index contributed by atoms with van der Waals surface area (Å²) < 4.78 is 5.36. The zero-order chi connectivity index (χ0) is 13.2. The largest absolute Gasteiger partial charge is 0.496 e. The summed E-state index contributed by atoms with van der Waals surface area (Å²) in [5.41, 5.74) is 4.41. The van der Waals surface area contributed by atoms with E-state index in [1.54, 1.807) is 14.2 Å². The lowest BCUT2D eigenvalue weighted by molar-refractivity contribution is 0.230. The molecule has 1 aromatic rings. The smallest absolute Gasteiger partial charge is 0.316 e. The Bertz CT molecular complexity index is 444. The molecule has 1 amide bonds. The second-order valence-corrected chi connectivity index (χ2v) is 4.57. The maximum atomic E-state index is 11.0. The fourth-order valence-corrected chi connectivity index (χ4v) is 2.00. The van der Waals surface area contributed by atoms with E-state index in [2.05, 4.69) is 0 Å². The van der Waals surface area contributed by atoms with Crippen LogP contribution in [0.4, 0.5) is 4.79 Å². The maximum absolute atomic E-state index is 11.0. The Kier molecular flexibility index (Phi) is 4.40. The Labute approximate surface area is 107 Å². The average Bonchev–Trinajstić information content (AvgIpc) is 2.26. The minimum atomic E-state index is -0.449. The molecule has 0 aliphatic heterocycles. The number of carbonyl (C=O) groups is 1. The van der Waals surface area contributed by atoms with E-state index in [0.717, 1.165) is 28.0 Å². The zero-order valence-corrected chi connectivity index (χ0v) is 11.7. The first-order valence-corrected chi connectivity index (χ1v) is 5.80. The van der Waals surface area contributed by atoms with Gasteiger partial charge in [-0.1, -0.05) is 6.07 Å². The van der Waals surface area contributed by atoms with Gasteiger partial charge < -0.3 is 9.64 Å². The molecule has 1 rings (SSSR count). The van der Waals surface area contributed by atoms with E-state index in [-0.39, 0.29) is 0 Å². The molecule has 0 bridgehead atoms. The third kappa shape index (κ3) is 2.91. The van der Waals surface area contributed by atoms with E-state index in [1.807, 2.05) is 26.8 Å². The summed E-state index contributed by atoms with van der Waals surface area (Å²) in [7, 11) is 3.35. The Hall–Kier alpha value is -1.22. The molecule has 1 aromatic carbocycles. The first-order valence-electron chi connectivity index (χ1n) is 5.42. The quantitative estimate of drug-likeness (QED) is 0.612. The van der Waals surface area contributed by atoms with Crippen LogP contribution in [-0.2, 0) is 6.54 Å². The summed E-state index contributed by atoms with van der Waals surface area (Å²) in [6.07, 6.45) is 0. The van der Waals surface area contributed by atoms with E-state index in [0.29, 0.717) is 6.54 Å². The number of nitrogens with zero attached hydrogens (tertiary/aromatic N) is 1. The number of hydrogen-bond donors (Lipinski definition) is 0. The van der Waals surface area contributed by atoms with Crippen LogP contribution < -0.4 is 4.74 Å². The molecule has 4 heteroatoms. The van der Waals surface area contributed by atoms with Crippen LogP contribution in [0, 0.1) is 20.8 Å². The molecule has 0 unspecified atom stereocenters. The Morgan fingerprint density at radius 2 is 1.94 bits per heavy atom. The van der Waals surface area contributed by atoms with Gasteiger partial charge in [-0.05, 0) is 54.6 Å². The maximum Gasteiger partial charge on any atom is 0.316 e. The van der Waals surface area contributed by atoms with Crippen LogP contribution in [0.2, 0.25) is 0 Å².